The highest BCUT2D eigenvalue weighted by Crippen LogP contribution is 2.67. The lowest BCUT2D eigenvalue weighted by Gasteiger charge is -2.26. The van der Waals surface area contributed by atoms with Gasteiger partial charge in [-0.25, -0.2) is 0 Å². The average Bonchev–Trinajstić information content (AvgIpc) is 3.93. The van der Waals surface area contributed by atoms with E-state index in [-0.39, 0.29) is 20.9 Å². The average molecular weight is 925 g/mol. The topological polar surface area (TPSA) is 0 Å². The van der Waals surface area contributed by atoms with Gasteiger partial charge in [0.05, 0.1) is 0 Å². The number of alkyl halides is 6. The van der Waals surface area contributed by atoms with Crippen LogP contribution in [0.3, 0.4) is 0 Å². The molecule has 1 aliphatic carbocycles. The molecule has 0 saturated heterocycles. The first-order valence-electron chi connectivity index (χ1n) is 23.3. The van der Waals surface area contributed by atoms with E-state index >= 15 is 26.3 Å². The first-order chi connectivity index (χ1) is 30.8. The van der Waals surface area contributed by atoms with Gasteiger partial charge in [0.1, 0.15) is 0 Å². The minimum Gasteiger partial charge on any atom is -0.194 e. The van der Waals surface area contributed by atoms with E-state index in [0.717, 1.165) is 96.3 Å². The summed E-state index contributed by atoms with van der Waals surface area (Å²) in [6.07, 6.45) is 7.21. The largest absolute Gasteiger partial charge is 0.380 e. The molecule has 2 aromatic heterocycles. The first-order valence-corrected chi connectivity index (χ1v) is 24.9. The Morgan fingerprint density at radius 3 is 0.862 bits per heavy atom. The summed E-state index contributed by atoms with van der Waals surface area (Å²) in [5, 5.41) is 0. The molecule has 2 heterocycles. The van der Waals surface area contributed by atoms with E-state index in [0.29, 0.717) is 55.7 Å². The summed E-state index contributed by atoms with van der Waals surface area (Å²) in [5.74, 6) is -14.2. The molecule has 8 heteroatoms. The SMILES string of the molecule is CC(C)CCc1ccc(-c2cc(C3=C(c4cc(-c5ccc(CCC(C)C)cc5)sc4-c4ccc(CCC(C)C)cc4)C(F)(F)C(F)(F)C3(F)F)c(-c3ccc(CCC(C)C)cc3)s2)cc1. The molecule has 0 fully saturated rings. The van der Waals surface area contributed by atoms with Crippen LogP contribution in [0, 0.1) is 23.7 Å². The zero-order chi connectivity index (χ0) is 46.8. The van der Waals surface area contributed by atoms with Crippen molar-refractivity contribution in [2.45, 2.75) is 125 Å². The second-order valence-corrected chi connectivity index (χ2v) is 21.8. The maximum atomic E-state index is 17.0. The molecule has 0 atom stereocenters. The number of benzene rings is 4. The van der Waals surface area contributed by atoms with Gasteiger partial charge in [-0.15, -0.1) is 22.7 Å². The van der Waals surface area contributed by atoms with Gasteiger partial charge in [0, 0.05) is 41.8 Å². The molecule has 7 rings (SSSR count). The van der Waals surface area contributed by atoms with Crippen LogP contribution in [0.4, 0.5) is 26.3 Å². The van der Waals surface area contributed by atoms with E-state index in [1.807, 2.05) is 72.8 Å². The van der Waals surface area contributed by atoms with E-state index in [4.69, 9.17) is 0 Å². The van der Waals surface area contributed by atoms with E-state index in [1.54, 1.807) is 24.3 Å². The van der Waals surface area contributed by atoms with Crippen molar-refractivity contribution >= 4 is 33.8 Å². The van der Waals surface area contributed by atoms with Crippen LogP contribution in [0.2, 0.25) is 0 Å². The quantitative estimate of drug-likeness (QED) is 0.0754. The van der Waals surface area contributed by atoms with Gasteiger partial charge in [-0.05, 0) is 132 Å². The van der Waals surface area contributed by atoms with Gasteiger partial charge in [-0.1, -0.05) is 152 Å². The fourth-order valence-electron chi connectivity index (χ4n) is 8.44. The molecular weight excluding hydrogens is 863 g/mol. The Labute approximate surface area is 390 Å². The Bertz CT molecular complexity index is 2370. The molecular formula is C57H62F6S2. The second kappa shape index (κ2) is 19.8. The molecule has 1 aliphatic rings. The normalized spacial score (nSPS) is 15.7. The molecule has 6 aromatic rings. The number of hydrogen-bond donors (Lipinski definition) is 0. The third kappa shape index (κ3) is 10.4. The van der Waals surface area contributed by atoms with Gasteiger partial charge >= 0.3 is 17.8 Å². The van der Waals surface area contributed by atoms with E-state index < -0.39 is 28.9 Å². The fourth-order valence-corrected chi connectivity index (χ4v) is 10.8. The lowest BCUT2D eigenvalue weighted by atomic mass is 9.91. The summed E-state index contributed by atoms with van der Waals surface area (Å²) in [4.78, 5) is 1.53. The Hall–Kier alpha value is -4.40. The van der Waals surface area contributed by atoms with Crippen LogP contribution >= 0.6 is 22.7 Å². The first kappa shape index (κ1) is 48.5. The molecule has 4 aromatic carbocycles. The smallest absolute Gasteiger partial charge is 0.194 e. The van der Waals surface area contributed by atoms with E-state index in [2.05, 4.69) is 55.4 Å². The number of halogens is 6. The van der Waals surface area contributed by atoms with Crippen LogP contribution in [0.15, 0.2) is 109 Å². The van der Waals surface area contributed by atoms with Crippen molar-refractivity contribution in [2.75, 3.05) is 0 Å². The number of aryl methyl sites for hydroxylation is 4. The number of thiophene rings is 2. The molecule has 0 unspecified atom stereocenters. The highest BCUT2D eigenvalue weighted by molar-refractivity contribution is 7.19. The molecule has 0 spiro atoms. The summed E-state index contributed by atoms with van der Waals surface area (Å²) in [7, 11) is 0. The maximum Gasteiger partial charge on any atom is 0.380 e. The molecule has 0 amide bonds. The summed E-state index contributed by atoms with van der Waals surface area (Å²) in [6, 6.07) is 33.3. The van der Waals surface area contributed by atoms with Crippen molar-refractivity contribution in [3.05, 3.63) is 143 Å². The van der Waals surface area contributed by atoms with Crippen LogP contribution < -0.4 is 0 Å². The van der Waals surface area contributed by atoms with Crippen molar-refractivity contribution in [3.63, 3.8) is 0 Å². The van der Waals surface area contributed by atoms with Crippen LogP contribution in [-0.4, -0.2) is 17.8 Å². The second-order valence-electron chi connectivity index (χ2n) is 19.7. The summed E-state index contributed by atoms with van der Waals surface area (Å²) < 4.78 is 101. The van der Waals surface area contributed by atoms with Gasteiger partial charge in [-0.2, -0.15) is 26.3 Å². The van der Waals surface area contributed by atoms with Gasteiger partial charge in [0.15, 0.2) is 0 Å². The third-order valence-corrected chi connectivity index (χ3v) is 15.1. The zero-order valence-electron chi connectivity index (χ0n) is 38.9. The van der Waals surface area contributed by atoms with E-state index in [9.17, 15) is 0 Å². The predicted molar refractivity (Wildman–Crippen MR) is 265 cm³/mol. The van der Waals surface area contributed by atoms with Crippen molar-refractivity contribution in [1.29, 1.82) is 0 Å². The molecule has 65 heavy (non-hydrogen) atoms. The van der Waals surface area contributed by atoms with Crippen LogP contribution in [0.1, 0.15) is 114 Å². The predicted octanol–water partition coefficient (Wildman–Crippen LogP) is 18.7. The minimum absolute atomic E-state index is 0.239. The van der Waals surface area contributed by atoms with Crippen molar-refractivity contribution < 1.29 is 26.3 Å². The molecule has 0 saturated carbocycles. The maximum absolute atomic E-state index is 17.0. The molecule has 0 bridgehead atoms. The Kier molecular flexibility index (Phi) is 14.8. The molecule has 0 N–H and O–H groups in total. The van der Waals surface area contributed by atoms with Crippen molar-refractivity contribution in [3.8, 4) is 41.8 Å². The van der Waals surface area contributed by atoms with Crippen molar-refractivity contribution in [1.82, 2.24) is 0 Å². The minimum atomic E-state index is -5.72. The lowest BCUT2D eigenvalue weighted by molar-refractivity contribution is -0.254. The van der Waals surface area contributed by atoms with Crippen LogP contribution in [-0.2, 0) is 25.7 Å². The molecule has 0 nitrogen and oxygen atoms in total. The highest BCUT2D eigenvalue weighted by atomic mass is 32.1. The lowest BCUT2D eigenvalue weighted by Crippen LogP contribution is -2.48. The number of hydrogen-bond acceptors (Lipinski definition) is 2. The Morgan fingerprint density at radius 2 is 0.615 bits per heavy atom. The summed E-state index contributed by atoms with van der Waals surface area (Å²) >= 11 is 2.32. The molecule has 0 aliphatic heterocycles. The molecule has 344 valence electrons. The fraction of sp³-hybridized carbons (Fsp3) is 0.404. The van der Waals surface area contributed by atoms with Gasteiger partial charge in [0.2, 0.25) is 0 Å². The monoisotopic (exact) mass is 924 g/mol. The standard InChI is InChI=1S/C57H62F6S2/c1-35(2)9-13-39-17-25-43(26-18-39)49-33-47(53(64-49)45-29-21-41(22-30-45)15-11-37(5)6)51-52(56(60,61)57(62,63)55(51,58)59)48-34-50(44-27-19-40(20-28-44)14-10-36(3)4)65-54(48)46-31-23-42(24-32-46)16-12-38(7)8/h17-38H,9-16H2,1-8H3. The number of rotatable bonds is 18. The Morgan fingerprint density at radius 1 is 0.369 bits per heavy atom. The Balaban J connectivity index is 1.46. The summed E-state index contributed by atoms with van der Waals surface area (Å²) in [5.41, 5.74) is 3.43. The summed E-state index contributed by atoms with van der Waals surface area (Å²) in [6.45, 7) is 17.2. The van der Waals surface area contributed by atoms with Gasteiger partial charge < -0.3 is 0 Å². The highest BCUT2D eigenvalue weighted by Gasteiger charge is 2.80. The van der Waals surface area contributed by atoms with Gasteiger partial charge in [0.25, 0.3) is 0 Å². The zero-order valence-corrected chi connectivity index (χ0v) is 40.6. The van der Waals surface area contributed by atoms with Crippen LogP contribution in [0.5, 0.6) is 0 Å². The number of allylic oxidation sites excluding steroid dienone is 2. The van der Waals surface area contributed by atoms with Crippen molar-refractivity contribution in [2.24, 2.45) is 23.7 Å². The van der Waals surface area contributed by atoms with Gasteiger partial charge in [-0.3, -0.25) is 0 Å². The molecule has 0 radical (unpaired) electrons. The van der Waals surface area contributed by atoms with Crippen LogP contribution in [0.25, 0.3) is 52.9 Å². The van der Waals surface area contributed by atoms with E-state index in [1.165, 1.54) is 12.1 Å². The third-order valence-electron chi connectivity index (χ3n) is 12.6.